The van der Waals surface area contributed by atoms with Crippen molar-refractivity contribution < 1.29 is 18.0 Å². The highest BCUT2D eigenvalue weighted by Crippen LogP contribution is 2.48. The Morgan fingerprint density at radius 2 is 1.97 bits per heavy atom. The first-order valence-electron chi connectivity index (χ1n) is 8.07. The Bertz CT molecular complexity index is 1160. The molecule has 1 aromatic carbocycles. The molecule has 2 heterocycles. The minimum atomic E-state index is -4.90. The van der Waals surface area contributed by atoms with Gasteiger partial charge in [0.25, 0.3) is 0 Å². The van der Waals surface area contributed by atoms with Crippen molar-refractivity contribution in [3.63, 3.8) is 0 Å². The van der Waals surface area contributed by atoms with Crippen molar-refractivity contribution in [1.82, 2.24) is 9.78 Å². The number of urea groups is 1. The molecule has 0 aliphatic carbocycles. The van der Waals surface area contributed by atoms with Crippen molar-refractivity contribution in [2.24, 2.45) is 0 Å². The molecule has 0 radical (unpaired) electrons. The summed E-state index contributed by atoms with van der Waals surface area (Å²) >= 11 is 11.8. The molecule has 1 aromatic heterocycles. The number of nitriles is 2. The van der Waals surface area contributed by atoms with Gasteiger partial charge in [-0.05, 0) is 18.2 Å². The summed E-state index contributed by atoms with van der Waals surface area (Å²) in [6, 6.07) is 7.04. The van der Waals surface area contributed by atoms with Crippen molar-refractivity contribution in [2.45, 2.75) is 12.1 Å². The molecule has 0 saturated carbocycles. The number of hydrogen-bond acceptors (Lipinski definition) is 5. The normalized spacial score (nSPS) is 15.3. The average molecular weight is 456 g/mol. The standard InChI is InChI=1S/C17H10Cl2F3N7O/c1-25-7-2-3-10(18)11(4-7)26-16(30)27-15-9(6-24)13-8(5-23)12(17(20,21)22)14(19)29(13)28-15/h2-4,8,25H,1H3,(H2,26,27,28,30). The Morgan fingerprint density at radius 1 is 1.27 bits per heavy atom. The van der Waals surface area contributed by atoms with Gasteiger partial charge in [0.05, 0.1) is 28.0 Å². The fourth-order valence-corrected chi connectivity index (χ4v) is 3.37. The molecule has 0 bridgehead atoms. The largest absolute Gasteiger partial charge is 0.417 e. The number of carbonyl (C=O) groups is 1. The van der Waals surface area contributed by atoms with Crippen LogP contribution in [-0.4, -0.2) is 29.0 Å². The minimum absolute atomic E-state index is 0.224. The summed E-state index contributed by atoms with van der Waals surface area (Å²) in [5, 5.41) is 29.4. The quantitative estimate of drug-likeness (QED) is 0.620. The van der Waals surface area contributed by atoms with Gasteiger partial charge in [-0.1, -0.05) is 23.2 Å². The average Bonchev–Trinajstić information content (AvgIpc) is 3.17. The fraction of sp³-hybridized carbons (Fsp3) is 0.176. The molecule has 1 atom stereocenters. The molecule has 154 valence electrons. The topological polar surface area (TPSA) is 119 Å². The lowest BCUT2D eigenvalue weighted by Gasteiger charge is -2.12. The van der Waals surface area contributed by atoms with Crippen molar-refractivity contribution in [1.29, 1.82) is 10.5 Å². The third-order valence-electron chi connectivity index (χ3n) is 4.17. The van der Waals surface area contributed by atoms with Crippen LogP contribution in [-0.2, 0) is 0 Å². The number of aromatic nitrogens is 2. The lowest BCUT2D eigenvalue weighted by atomic mass is 9.97. The van der Waals surface area contributed by atoms with Gasteiger partial charge in [-0.3, -0.25) is 5.32 Å². The van der Waals surface area contributed by atoms with E-state index in [0.29, 0.717) is 10.4 Å². The van der Waals surface area contributed by atoms with E-state index in [4.69, 9.17) is 23.2 Å². The second-order valence-electron chi connectivity index (χ2n) is 5.92. The van der Waals surface area contributed by atoms with Gasteiger partial charge in [0.1, 0.15) is 22.7 Å². The van der Waals surface area contributed by atoms with Gasteiger partial charge in [-0.25, -0.2) is 9.48 Å². The van der Waals surface area contributed by atoms with Gasteiger partial charge in [-0.2, -0.15) is 23.7 Å². The fourth-order valence-electron chi connectivity index (χ4n) is 2.86. The van der Waals surface area contributed by atoms with E-state index in [1.165, 1.54) is 12.1 Å². The van der Waals surface area contributed by atoms with Gasteiger partial charge in [-0.15, -0.1) is 5.10 Å². The van der Waals surface area contributed by atoms with Crippen LogP contribution >= 0.6 is 23.2 Å². The van der Waals surface area contributed by atoms with E-state index in [-0.39, 0.29) is 22.2 Å². The molecule has 2 amide bonds. The Balaban J connectivity index is 1.94. The van der Waals surface area contributed by atoms with Crippen LogP contribution in [0.5, 0.6) is 0 Å². The Kier molecular flexibility index (Phi) is 5.53. The van der Waals surface area contributed by atoms with Gasteiger partial charge >= 0.3 is 12.2 Å². The lowest BCUT2D eigenvalue weighted by Crippen LogP contribution is -2.21. The summed E-state index contributed by atoms with van der Waals surface area (Å²) in [5.41, 5.74) is -1.22. The lowest BCUT2D eigenvalue weighted by molar-refractivity contribution is -0.0931. The van der Waals surface area contributed by atoms with Crippen molar-refractivity contribution in [2.75, 3.05) is 23.0 Å². The van der Waals surface area contributed by atoms with Gasteiger partial charge in [0.15, 0.2) is 5.82 Å². The number of allylic oxidation sites excluding steroid dienone is 1. The number of nitrogens with zero attached hydrogens (tertiary/aromatic N) is 4. The molecule has 13 heteroatoms. The number of rotatable bonds is 3. The van der Waals surface area contributed by atoms with Crippen LogP contribution in [0.25, 0.3) is 5.16 Å². The number of anilines is 3. The predicted octanol–water partition coefficient (Wildman–Crippen LogP) is 4.68. The summed E-state index contributed by atoms with van der Waals surface area (Å²) < 4.78 is 40.4. The number of carbonyl (C=O) groups excluding carboxylic acids is 1. The first-order valence-corrected chi connectivity index (χ1v) is 8.83. The van der Waals surface area contributed by atoms with Crippen LogP contribution in [0.3, 0.4) is 0 Å². The number of amides is 2. The molecule has 30 heavy (non-hydrogen) atoms. The zero-order valence-corrected chi connectivity index (χ0v) is 16.4. The Labute approximate surface area is 177 Å². The molecule has 1 unspecified atom stereocenters. The molecule has 3 N–H and O–H groups in total. The molecular weight excluding hydrogens is 446 g/mol. The maximum Gasteiger partial charge on any atom is 0.417 e. The molecule has 1 aliphatic rings. The summed E-state index contributed by atoms with van der Waals surface area (Å²) in [4.78, 5) is 12.3. The first-order chi connectivity index (χ1) is 14.1. The molecule has 8 nitrogen and oxygen atoms in total. The third kappa shape index (κ3) is 3.61. The van der Waals surface area contributed by atoms with E-state index in [9.17, 15) is 28.5 Å². The SMILES string of the molecule is CNc1ccc(Cl)c(NC(=O)Nc2nn3c(c2C#N)C(C#N)C(C(F)(F)F)=C3Cl)c1. The van der Waals surface area contributed by atoms with Crippen molar-refractivity contribution in [3.8, 4) is 12.1 Å². The van der Waals surface area contributed by atoms with Crippen LogP contribution in [0.15, 0.2) is 23.8 Å². The van der Waals surface area contributed by atoms with E-state index >= 15 is 0 Å². The maximum absolute atomic E-state index is 13.3. The zero-order chi connectivity index (χ0) is 22.2. The van der Waals surface area contributed by atoms with E-state index < -0.39 is 34.4 Å². The molecular formula is C17H10Cl2F3N7O. The number of halogens is 5. The highest BCUT2D eigenvalue weighted by Gasteiger charge is 2.49. The van der Waals surface area contributed by atoms with Crippen LogP contribution in [0.1, 0.15) is 17.2 Å². The molecule has 0 spiro atoms. The summed E-state index contributed by atoms with van der Waals surface area (Å²) in [6.07, 6.45) is -4.90. The number of nitrogens with one attached hydrogen (secondary N) is 3. The third-order valence-corrected chi connectivity index (χ3v) is 4.87. The number of benzene rings is 1. The highest BCUT2D eigenvalue weighted by atomic mass is 35.5. The van der Waals surface area contributed by atoms with Crippen LogP contribution in [0.4, 0.5) is 35.2 Å². The van der Waals surface area contributed by atoms with E-state index in [1.54, 1.807) is 25.2 Å². The second kappa shape index (κ2) is 7.78. The molecule has 0 saturated heterocycles. The number of fused-ring (bicyclic) bond motifs is 1. The van der Waals surface area contributed by atoms with Crippen molar-refractivity contribution >= 4 is 51.6 Å². The highest BCUT2D eigenvalue weighted by molar-refractivity contribution is 6.46. The maximum atomic E-state index is 13.3. The van der Waals surface area contributed by atoms with Gasteiger partial charge in [0, 0.05) is 12.7 Å². The predicted molar refractivity (Wildman–Crippen MR) is 104 cm³/mol. The van der Waals surface area contributed by atoms with E-state index in [0.717, 1.165) is 0 Å². The summed E-state index contributed by atoms with van der Waals surface area (Å²) in [6.45, 7) is 0. The smallest absolute Gasteiger partial charge is 0.388 e. The number of alkyl halides is 3. The van der Waals surface area contributed by atoms with Crippen LogP contribution in [0.2, 0.25) is 5.02 Å². The number of hydrogen-bond donors (Lipinski definition) is 3. The first kappa shape index (κ1) is 21.3. The molecule has 2 aromatic rings. The summed E-state index contributed by atoms with van der Waals surface area (Å²) in [5.74, 6) is -2.22. The molecule has 3 rings (SSSR count). The molecule has 0 fully saturated rings. The van der Waals surface area contributed by atoms with Crippen LogP contribution in [0, 0.1) is 22.7 Å². The van der Waals surface area contributed by atoms with Gasteiger partial charge < -0.3 is 10.6 Å². The molecule has 1 aliphatic heterocycles. The summed E-state index contributed by atoms with van der Waals surface area (Å²) in [7, 11) is 1.66. The van der Waals surface area contributed by atoms with E-state index in [2.05, 4.69) is 21.0 Å². The van der Waals surface area contributed by atoms with Crippen LogP contribution < -0.4 is 16.0 Å². The van der Waals surface area contributed by atoms with Gasteiger partial charge in [0.2, 0.25) is 0 Å². The monoisotopic (exact) mass is 455 g/mol. The van der Waals surface area contributed by atoms with E-state index in [1.807, 2.05) is 0 Å². The minimum Gasteiger partial charge on any atom is -0.388 e. The van der Waals surface area contributed by atoms with Crippen molar-refractivity contribution in [3.05, 3.63) is 40.1 Å². The Morgan fingerprint density at radius 3 is 2.53 bits per heavy atom. The second-order valence-corrected chi connectivity index (χ2v) is 6.69. The zero-order valence-electron chi connectivity index (χ0n) is 14.9. The Hall–Kier alpha value is -3.41.